The molecule has 3 saturated carbocycles. The van der Waals surface area contributed by atoms with Crippen LogP contribution in [0, 0.1) is 29.1 Å². The van der Waals surface area contributed by atoms with Crippen LogP contribution in [-0.2, 0) is 0 Å². The van der Waals surface area contributed by atoms with Gasteiger partial charge in [-0.25, -0.2) is 0 Å². The molecule has 2 N–H and O–H groups in total. The van der Waals surface area contributed by atoms with Crippen LogP contribution >= 0.6 is 0 Å². The number of hydrogen-bond acceptors (Lipinski definition) is 2. The van der Waals surface area contributed by atoms with Crippen molar-refractivity contribution in [3.63, 3.8) is 0 Å². The van der Waals surface area contributed by atoms with E-state index in [-0.39, 0.29) is 12.2 Å². The molecule has 0 aromatic heterocycles. The second kappa shape index (κ2) is 9.47. The Balaban J connectivity index is 1.67. The normalized spacial score (nSPS) is 38.7. The van der Waals surface area contributed by atoms with Crippen molar-refractivity contribution in [2.45, 2.75) is 111 Å². The van der Waals surface area contributed by atoms with E-state index in [2.05, 4.69) is 39.8 Å². The monoisotopic (exact) mass is 388 g/mol. The van der Waals surface area contributed by atoms with Crippen molar-refractivity contribution in [1.29, 1.82) is 0 Å². The standard InChI is InChI=1S/C26H44O2/c1-18(2)7-5-8-19(3)24-12-13-25-21(9-6-14-26(24,25)4)11-10-20-15-22(27)17-23(28)16-20/h10-11,18-19,22-25,27-28H,5-9,12-17H2,1-4H3/b21-11+/t19-,22+,23+,24+,25+,26+/m0/s1. The van der Waals surface area contributed by atoms with Crippen LogP contribution in [0.4, 0.5) is 0 Å². The molecular formula is C26H44O2. The van der Waals surface area contributed by atoms with Crippen molar-refractivity contribution >= 4 is 0 Å². The highest BCUT2D eigenvalue weighted by molar-refractivity contribution is 5.26. The molecule has 3 fully saturated rings. The molecule has 0 aromatic rings. The molecule has 2 nitrogen and oxygen atoms in total. The van der Waals surface area contributed by atoms with Crippen molar-refractivity contribution in [1.82, 2.24) is 0 Å². The predicted octanol–water partition coefficient (Wildman–Crippen LogP) is 6.42. The first-order chi connectivity index (χ1) is 13.3. The summed E-state index contributed by atoms with van der Waals surface area (Å²) in [6.45, 7) is 9.79. The van der Waals surface area contributed by atoms with Crippen molar-refractivity contribution in [2.75, 3.05) is 0 Å². The van der Waals surface area contributed by atoms with E-state index in [0.717, 1.165) is 36.5 Å². The molecule has 0 amide bonds. The van der Waals surface area contributed by atoms with Gasteiger partial charge in [0.25, 0.3) is 0 Å². The first-order valence-electron chi connectivity index (χ1n) is 12.0. The average Bonchev–Trinajstić information content (AvgIpc) is 2.96. The Morgan fingerprint density at radius 1 is 1.04 bits per heavy atom. The maximum atomic E-state index is 9.96. The largest absolute Gasteiger partial charge is 0.393 e. The van der Waals surface area contributed by atoms with Crippen LogP contribution in [0.25, 0.3) is 0 Å². The molecule has 0 heterocycles. The Labute approximate surface area is 173 Å². The third kappa shape index (κ3) is 5.11. The number of rotatable bonds is 6. The molecule has 0 bridgehead atoms. The summed E-state index contributed by atoms with van der Waals surface area (Å²) in [5.41, 5.74) is 3.35. The minimum Gasteiger partial charge on any atom is -0.393 e. The summed E-state index contributed by atoms with van der Waals surface area (Å²) in [6.07, 6.45) is 16.7. The van der Waals surface area contributed by atoms with Gasteiger partial charge in [-0.1, -0.05) is 70.3 Å². The predicted molar refractivity (Wildman–Crippen MR) is 118 cm³/mol. The lowest BCUT2D eigenvalue weighted by molar-refractivity contribution is 0.0609. The van der Waals surface area contributed by atoms with Crippen LogP contribution in [0.5, 0.6) is 0 Å². The molecule has 28 heavy (non-hydrogen) atoms. The SMILES string of the molecule is CC(C)CCC[C@H](C)[C@H]1CC[C@@H]2/C(=C/C=C3C[C@@H](O)C[C@H](O)C3)CCC[C@@]21C. The second-order valence-corrected chi connectivity index (χ2v) is 10.9. The number of aliphatic hydroxyl groups is 2. The van der Waals surface area contributed by atoms with Crippen molar-refractivity contribution in [2.24, 2.45) is 29.1 Å². The van der Waals surface area contributed by atoms with E-state index in [4.69, 9.17) is 0 Å². The number of hydrogen-bond donors (Lipinski definition) is 2. The van der Waals surface area contributed by atoms with Crippen LogP contribution in [0.15, 0.2) is 23.3 Å². The van der Waals surface area contributed by atoms with Gasteiger partial charge in [-0.3, -0.25) is 0 Å². The Morgan fingerprint density at radius 2 is 1.75 bits per heavy atom. The Hall–Kier alpha value is -0.600. The Kier molecular flexibility index (Phi) is 7.48. The van der Waals surface area contributed by atoms with Gasteiger partial charge in [0.1, 0.15) is 0 Å². The van der Waals surface area contributed by atoms with E-state index in [0.29, 0.717) is 11.8 Å². The highest BCUT2D eigenvalue weighted by Crippen LogP contribution is 2.59. The van der Waals surface area contributed by atoms with E-state index < -0.39 is 0 Å². The highest BCUT2D eigenvalue weighted by atomic mass is 16.3. The molecule has 0 aromatic carbocycles. The summed E-state index contributed by atoms with van der Waals surface area (Å²) in [4.78, 5) is 0. The van der Waals surface area contributed by atoms with Gasteiger partial charge < -0.3 is 10.2 Å². The van der Waals surface area contributed by atoms with Gasteiger partial charge in [0.05, 0.1) is 12.2 Å². The molecule has 160 valence electrons. The topological polar surface area (TPSA) is 40.5 Å². The molecule has 3 aliphatic carbocycles. The van der Waals surface area contributed by atoms with Crippen LogP contribution in [-0.4, -0.2) is 22.4 Å². The van der Waals surface area contributed by atoms with Crippen LogP contribution in [0.2, 0.25) is 0 Å². The fraction of sp³-hybridized carbons (Fsp3) is 0.846. The van der Waals surface area contributed by atoms with Crippen molar-refractivity contribution < 1.29 is 10.2 Å². The van der Waals surface area contributed by atoms with Gasteiger partial charge in [0.2, 0.25) is 0 Å². The van der Waals surface area contributed by atoms with Gasteiger partial charge >= 0.3 is 0 Å². The third-order valence-electron chi connectivity index (χ3n) is 8.24. The molecule has 0 spiro atoms. The van der Waals surface area contributed by atoms with Crippen LogP contribution in [0.1, 0.15) is 98.3 Å². The maximum Gasteiger partial charge on any atom is 0.0602 e. The summed E-state index contributed by atoms with van der Waals surface area (Å²) in [6, 6.07) is 0. The molecule has 3 rings (SSSR count). The minimum absolute atomic E-state index is 0.368. The fourth-order valence-corrected chi connectivity index (χ4v) is 6.79. The summed E-state index contributed by atoms with van der Waals surface area (Å²) in [7, 11) is 0. The van der Waals surface area contributed by atoms with E-state index in [1.807, 2.05) is 0 Å². The van der Waals surface area contributed by atoms with Gasteiger partial charge in [0, 0.05) is 0 Å². The van der Waals surface area contributed by atoms with Crippen molar-refractivity contribution in [3.05, 3.63) is 23.3 Å². The molecule has 0 saturated heterocycles. The fourth-order valence-electron chi connectivity index (χ4n) is 6.79. The lowest BCUT2D eigenvalue weighted by Gasteiger charge is -2.44. The number of fused-ring (bicyclic) bond motifs is 1. The first kappa shape index (κ1) is 22.1. The molecule has 0 radical (unpaired) electrons. The molecular weight excluding hydrogens is 344 g/mol. The summed E-state index contributed by atoms with van der Waals surface area (Å²) in [5.74, 6) is 3.29. The minimum atomic E-state index is -0.368. The van der Waals surface area contributed by atoms with Crippen LogP contribution < -0.4 is 0 Å². The summed E-state index contributed by atoms with van der Waals surface area (Å²) in [5, 5.41) is 19.9. The van der Waals surface area contributed by atoms with Gasteiger partial charge in [-0.2, -0.15) is 0 Å². The zero-order chi connectivity index (χ0) is 20.3. The smallest absolute Gasteiger partial charge is 0.0602 e. The van der Waals surface area contributed by atoms with Gasteiger partial charge in [0.15, 0.2) is 0 Å². The number of aliphatic hydroxyl groups excluding tert-OH is 2. The highest BCUT2D eigenvalue weighted by Gasteiger charge is 2.50. The van der Waals surface area contributed by atoms with E-state index in [1.54, 1.807) is 5.57 Å². The quantitative estimate of drug-likeness (QED) is 0.551. The third-order valence-corrected chi connectivity index (χ3v) is 8.24. The van der Waals surface area contributed by atoms with E-state index in [9.17, 15) is 10.2 Å². The lowest BCUT2D eigenvalue weighted by atomic mass is 9.60. The number of allylic oxidation sites excluding steroid dienone is 3. The lowest BCUT2D eigenvalue weighted by Crippen LogP contribution is -2.36. The average molecular weight is 389 g/mol. The van der Waals surface area contributed by atoms with Gasteiger partial charge in [-0.05, 0) is 80.5 Å². The molecule has 2 heteroatoms. The van der Waals surface area contributed by atoms with Crippen molar-refractivity contribution in [3.8, 4) is 0 Å². The van der Waals surface area contributed by atoms with E-state index >= 15 is 0 Å². The van der Waals surface area contributed by atoms with E-state index in [1.165, 1.54) is 56.9 Å². The summed E-state index contributed by atoms with van der Waals surface area (Å²) >= 11 is 0. The zero-order valence-electron chi connectivity index (χ0n) is 18.8. The molecule has 0 unspecified atom stereocenters. The molecule has 0 aliphatic heterocycles. The molecule has 3 aliphatic rings. The summed E-state index contributed by atoms with van der Waals surface area (Å²) < 4.78 is 0. The van der Waals surface area contributed by atoms with Crippen LogP contribution in [0.3, 0.4) is 0 Å². The first-order valence-corrected chi connectivity index (χ1v) is 12.0. The molecule has 6 atom stereocenters. The maximum absolute atomic E-state index is 9.96. The van der Waals surface area contributed by atoms with Gasteiger partial charge in [-0.15, -0.1) is 0 Å². The zero-order valence-corrected chi connectivity index (χ0v) is 18.8. The second-order valence-electron chi connectivity index (χ2n) is 10.9. The Bertz CT molecular complexity index is 563. The Morgan fingerprint density at radius 3 is 2.43 bits per heavy atom.